The molecule has 0 unspecified atom stereocenters. The number of para-hydroxylation sites is 1. The number of carbonyl (C=O) groups is 5. The minimum absolute atomic E-state index is 0.0192. The number of hydrogen-bond acceptors (Lipinski definition) is 9. The summed E-state index contributed by atoms with van der Waals surface area (Å²) in [5.74, 6) is -2.46. The maximum atomic E-state index is 14.0. The molecule has 54 heavy (non-hydrogen) atoms. The number of ether oxygens (including phenoxy) is 2. The van der Waals surface area contributed by atoms with Crippen molar-refractivity contribution in [3.8, 4) is 5.75 Å². The molecular weight excluding hydrogens is 698 g/mol. The second kappa shape index (κ2) is 18.7. The van der Waals surface area contributed by atoms with Gasteiger partial charge in [-0.05, 0) is 74.3 Å². The number of benzene rings is 2. The number of rotatable bonds is 8. The predicted molar refractivity (Wildman–Crippen MR) is 198 cm³/mol. The average molecular weight is 750 g/mol. The van der Waals surface area contributed by atoms with Crippen LogP contribution in [-0.4, -0.2) is 142 Å². The summed E-state index contributed by atoms with van der Waals surface area (Å²) in [7, 11) is 0. The quantitative estimate of drug-likeness (QED) is 0.289. The van der Waals surface area contributed by atoms with Gasteiger partial charge in [0.05, 0.1) is 0 Å². The van der Waals surface area contributed by atoms with Crippen LogP contribution in [0.3, 0.4) is 0 Å². The van der Waals surface area contributed by atoms with Crippen molar-refractivity contribution in [2.75, 3.05) is 64.3 Å². The number of phenolic OH excluding ortho intramolecular Hbond substituents is 1. The number of likely N-dealkylation sites (tertiary alicyclic amines) is 1. The van der Waals surface area contributed by atoms with E-state index in [-0.39, 0.29) is 30.2 Å². The van der Waals surface area contributed by atoms with E-state index in [2.05, 4.69) is 10.2 Å². The number of piperidine rings is 1. The zero-order valence-corrected chi connectivity index (χ0v) is 30.9. The minimum Gasteiger partial charge on any atom is -0.507 e. The molecule has 4 N–H and O–H groups in total. The number of aromatic hydroxyl groups is 1. The highest BCUT2D eigenvalue weighted by Crippen LogP contribution is 2.27. The van der Waals surface area contributed by atoms with Crippen LogP contribution >= 0.6 is 0 Å². The third-order valence-corrected chi connectivity index (χ3v) is 10.5. The van der Waals surface area contributed by atoms with Gasteiger partial charge in [0.2, 0.25) is 0 Å². The van der Waals surface area contributed by atoms with Crippen molar-refractivity contribution in [3.05, 3.63) is 70.8 Å². The lowest BCUT2D eigenvalue weighted by Gasteiger charge is -2.41. The molecule has 292 valence electrons. The lowest BCUT2D eigenvalue weighted by atomic mass is 10.00. The zero-order chi connectivity index (χ0) is 38.8. The number of carbonyl (C=O) groups excluding carboxylic acids is 3. The van der Waals surface area contributed by atoms with E-state index in [9.17, 15) is 29.1 Å². The minimum atomic E-state index is -1.26. The molecule has 15 nitrogen and oxygen atoms in total. The van der Waals surface area contributed by atoms with Gasteiger partial charge < -0.3 is 44.8 Å². The van der Waals surface area contributed by atoms with Crippen LogP contribution in [0, 0.1) is 13.8 Å². The van der Waals surface area contributed by atoms with Crippen molar-refractivity contribution in [2.45, 2.75) is 70.6 Å². The van der Waals surface area contributed by atoms with Gasteiger partial charge in [-0.1, -0.05) is 30.3 Å². The maximum Gasteiger partial charge on any atom is 0.410 e. The molecule has 0 aromatic heterocycles. The maximum absolute atomic E-state index is 14.0. The summed E-state index contributed by atoms with van der Waals surface area (Å²) in [5, 5.41) is 29.0. The molecule has 2 aromatic carbocycles. The Morgan fingerprint density at radius 1 is 0.852 bits per heavy atom. The fourth-order valence-electron chi connectivity index (χ4n) is 7.56. The Labute approximate surface area is 315 Å². The van der Waals surface area contributed by atoms with Gasteiger partial charge >= 0.3 is 24.1 Å². The highest BCUT2D eigenvalue weighted by Gasteiger charge is 2.36. The number of aliphatic carboxylic acids is 2. The van der Waals surface area contributed by atoms with Crippen LogP contribution < -0.4 is 5.32 Å². The van der Waals surface area contributed by atoms with Gasteiger partial charge in [0.15, 0.2) is 6.10 Å². The number of phenols is 1. The number of nitrogens with one attached hydrogen (secondary N) is 1. The van der Waals surface area contributed by atoms with Gasteiger partial charge in [-0.2, -0.15) is 0 Å². The summed E-state index contributed by atoms with van der Waals surface area (Å²) >= 11 is 0. The molecular formula is C39H51N5O10. The van der Waals surface area contributed by atoms with Crippen LogP contribution in [0.25, 0.3) is 0 Å². The fourth-order valence-corrected chi connectivity index (χ4v) is 7.56. The van der Waals surface area contributed by atoms with Crippen molar-refractivity contribution >= 4 is 35.7 Å². The van der Waals surface area contributed by atoms with Crippen LogP contribution in [0.5, 0.6) is 5.75 Å². The van der Waals surface area contributed by atoms with E-state index in [1.807, 2.05) is 60.0 Å². The van der Waals surface area contributed by atoms with Gasteiger partial charge in [-0.3, -0.25) is 9.69 Å². The van der Waals surface area contributed by atoms with E-state index < -0.39 is 24.1 Å². The Morgan fingerprint density at radius 2 is 1.46 bits per heavy atom. The van der Waals surface area contributed by atoms with Crippen molar-refractivity contribution in [1.29, 1.82) is 0 Å². The summed E-state index contributed by atoms with van der Waals surface area (Å²) in [6, 6.07) is 12.0. The van der Waals surface area contributed by atoms with Crippen molar-refractivity contribution < 1.29 is 48.8 Å². The Kier molecular flexibility index (Phi) is 13.9. The van der Waals surface area contributed by atoms with E-state index in [1.54, 1.807) is 4.90 Å². The number of carboxylic acid groups (broad SMARTS) is 2. The highest BCUT2D eigenvalue weighted by molar-refractivity contribution is 5.91. The molecule has 3 fully saturated rings. The molecule has 0 bridgehead atoms. The zero-order valence-electron chi connectivity index (χ0n) is 30.9. The molecule has 6 rings (SSSR count). The molecule has 4 amide bonds. The van der Waals surface area contributed by atoms with Crippen LogP contribution in [0.1, 0.15) is 47.9 Å². The summed E-state index contributed by atoms with van der Waals surface area (Å²) in [6.07, 6.45) is 3.96. The highest BCUT2D eigenvalue weighted by atomic mass is 16.6. The van der Waals surface area contributed by atoms with Gasteiger partial charge in [0.25, 0.3) is 5.91 Å². The number of amides is 4. The van der Waals surface area contributed by atoms with E-state index in [0.717, 1.165) is 73.5 Å². The molecule has 3 saturated heterocycles. The van der Waals surface area contributed by atoms with Crippen molar-refractivity contribution in [2.24, 2.45) is 0 Å². The first-order valence-corrected chi connectivity index (χ1v) is 18.5. The van der Waals surface area contributed by atoms with Crippen LogP contribution in [0.2, 0.25) is 0 Å². The second-order valence-corrected chi connectivity index (χ2v) is 14.1. The summed E-state index contributed by atoms with van der Waals surface area (Å²) in [4.78, 5) is 67.5. The smallest absolute Gasteiger partial charge is 0.410 e. The lowest BCUT2D eigenvalue weighted by molar-refractivity contribution is -0.143. The van der Waals surface area contributed by atoms with E-state index in [0.29, 0.717) is 63.8 Å². The Morgan fingerprint density at radius 3 is 2.07 bits per heavy atom. The molecule has 0 spiro atoms. The normalized spacial score (nSPS) is 19.2. The van der Waals surface area contributed by atoms with Crippen LogP contribution in [0.15, 0.2) is 48.6 Å². The molecule has 4 aliphatic rings. The topological polar surface area (TPSA) is 189 Å². The molecule has 0 radical (unpaired) electrons. The SMILES string of the molecule is Cc1cc(C[C@@H](OC(=O)N2CCC(N3CCc4ccccc4NC3=O)CC2)C(=O)N2CCN(C3CCOCC3)CC2)cc(C)c1O.O=C(O)C=CC(=O)O. The first kappa shape index (κ1) is 40.0. The number of fused-ring (bicyclic) bond motifs is 1. The standard InChI is InChI=1S/C35H47N5O6.C4H4O4/c1-24-21-26(22-25(2)32(24)41)23-31(33(42)38-17-15-37(16-18-38)28-10-19-45-20-11-28)46-35(44)39-12-8-29(9-13-39)40-14-7-27-5-3-4-6-30(27)36-34(40)43;5-3(6)1-2-4(7)8/h3-6,21-22,28-29,31,41H,7-20,23H2,1-2H3,(H,36,43);1-2H,(H,5,6)(H,7,8)/t31-;/m1./s1. The largest absolute Gasteiger partial charge is 0.507 e. The number of aryl methyl sites for hydroxylation is 2. The lowest BCUT2D eigenvalue weighted by Crippen LogP contribution is -2.56. The number of hydrogen-bond donors (Lipinski definition) is 4. The average Bonchev–Trinajstić information content (AvgIpc) is 3.34. The van der Waals surface area contributed by atoms with Gasteiger partial charge in [-0.25, -0.2) is 19.2 Å². The third kappa shape index (κ3) is 10.7. The molecule has 1 atom stereocenters. The summed E-state index contributed by atoms with van der Waals surface area (Å²) in [6.45, 7) is 9.50. The van der Waals surface area contributed by atoms with E-state index in [1.165, 1.54) is 0 Å². The number of carboxylic acids is 2. The Bertz CT molecular complexity index is 1660. The van der Waals surface area contributed by atoms with Gasteiger partial charge in [0.1, 0.15) is 5.75 Å². The van der Waals surface area contributed by atoms with Crippen LogP contribution in [-0.2, 0) is 36.7 Å². The first-order chi connectivity index (χ1) is 25.9. The van der Waals surface area contributed by atoms with Gasteiger partial charge in [-0.15, -0.1) is 0 Å². The van der Waals surface area contributed by atoms with E-state index >= 15 is 0 Å². The van der Waals surface area contributed by atoms with Crippen molar-refractivity contribution in [3.63, 3.8) is 0 Å². The Hall–Kier alpha value is -5.15. The van der Waals surface area contributed by atoms with E-state index in [4.69, 9.17) is 19.7 Å². The molecule has 0 aliphatic carbocycles. The monoisotopic (exact) mass is 749 g/mol. The number of nitrogens with zero attached hydrogens (tertiary/aromatic N) is 4. The van der Waals surface area contributed by atoms with Crippen molar-refractivity contribution in [1.82, 2.24) is 19.6 Å². The number of urea groups is 1. The Balaban J connectivity index is 0.000000631. The summed E-state index contributed by atoms with van der Waals surface area (Å²) in [5.41, 5.74) is 4.27. The van der Waals surface area contributed by atoms with Crippen LogP contribution in [0.4, 0.5) is 15.3 Å². The predicted octanol–water partition coefficient (Wildman–Crippen LogP) is 3.65. The molecule has 0 saturated carbocycles. The molecule has 4 aliphatic heterocycles. The first-order valence-electron chi connectivity index (χ1n) is 18.5. The summed E-state index contributed by atoms with van der Waals surface area (Å²) < 4.78 is 11.6. The number of anilines is 1. The molecule has 4 heterocycles. The third-order valence-electron chi connectivity index (χ3n) is 10.5. The van der Waals surface area contributed by atoms with Gasteiger partial charge in [0, 0.05) is 95.4 Å². The number of piperazine rings is 1. The molecule has 2 aromatic rings. The second-order valence-electron chi connectivity index (χ2n) is 14.1. The molecule has 15 heteroatoms. The fraction of sp³-hybridized carbons (Fsp3) is 0.513.